The molecule has 0 saturated carbocycles. The molecular weight excluding hydrogens is 350 g/mol. The monoisotopic (exact) mass is 375 g/mol. The number of rotatable bonds is 8. The topological polar surface area (TPSA) is 84.1 Å². The number of nitrogens with one attached hydrogen (secondary N) is 2. The SMILES string of the molecule is CCC(NC(=O)CCc1c(C)nc(SC)[nH]c1=O)c1ccc(OC)cc1. The van der Waals surface area contributed by atoms with Crippen LogP contribution in [0.25, 0.3) is 0 Å². The maximum atomic E-state index is 12.4. The first-order valence-corrected chi connectivity index (χ1v) is 9.78. The molecule has 140 valence electrons. The summed E-state index contributed by atoms with van der Waals surface area (Å²) < 4.78 is 5.16. The lowest BCUT2D eigenvalue weighted by molar-refractivity contribution is -0.121. The molecule has 0 saturated heterocycles. The predicted molar refractivity (Wildman–Crippen MR) is 104 cm³/mol. The Morgan fingerprint density at radius 3 is 2.58 bits per heavy atom. The fraction of sp³-hybridized carbons (Fsp3) is 0.421. The molecule has 6 nitrogen and oxygen atoms in total. The summed E-state index contributed by atoms with van der Waals surface area (Å²) in [6, 6.07) is 7.60. The zero-order valence-corrected chi connectivity index (χ0v) is 16.4. The van der Waals surface area contributed by atoms with Crippen LogP contribution in [-0.2, 0) is 11.2 Å². The number of H-pyrrole nitrogens is 1. The molecule has 1 aromatic heterocycles. The molecule has 0 fully saturated rings. The molecule has 1 atom stereocenters. The molecule has 0 aliphatic rings. The molecule has 0 aliphatic heterocycles. The van der Waals surface area contributed by atoms with Gasteiger partial charge in [0.1, 0.15) is 5.75 Å². The van der Waals surface area contributed by atoms with Gasteiger partial charge in [-0.2, -0.15) is 0 Å². The van der Waals surface area contributed by atoms with E-state index in [-0.39, 0.29) is 23.9 Å². The van der Waals surface area contributed by atoms with E-state index in [1.807, 2.05) is 37.4 Å². The zero-order chi connectivity index (χ0) is 19.1. The van der Waals surface area contributed by atoms with E-state index in [0.717, 1.165) is 17.7 Å². The fourth-order valence-corrected chi connectivity index (χ4v) is 3.16. The lowest BCUT2D eigenvalue weighted by atomic mass is 10.0. The Labute approximate surface area is 157 Å². The van der Waals surface area contributed by atoms with E-state index < -0.39 is 0 Å². The summed E-state index contributed by atoms with van der Waals surface area (Å²) in [6.07, 6.45) is 3.25. The quantitative estimate of drug-likeness (QED) is 0.547. The lowest BCUT2D eigenvalue weighted by Crippen LogP contribution is -2.29. The van der Waals surface area contributed by atoms with Gasteiger partial charge in [-0.1, -0.05) is 30.8 Å². The lowest BCUT2D eigenvalue weighted by Gasteiger charge is -2.18. The van der Waals surface area contributed by atoms with Gasteiger partial charge >= 0.3 is 0 Å². The van der Waals surface area contributed by atoms with Gasteiger partial charge < -0.3 is 15.0 Å². The van der Waals surface area contributed by atoms with Crippen LogP contribution < -0.4 is 15.6 Å². The second-order valence-electron chi connectivity index (χ2n) is 5.94. The smallest absolute Gasteiger partial charge is 0.254 e. The minimum absolute atomic E-state index is 0.0650. The van der Waals surface area contributed by atoms with E-state index in [4.69, 9.17) is 4.74 Å². The van der Waals surface area contributed by atoms with Gasteiger partial charge in [-0.05, 0) is 43.7 Å². The average Bonchev–Trinajstić information content (AvgIpc) is 2.65. The minimum Gasteiger partial charge on any atom is -0.497 e. The summed E-state index contributed by atoms with van der Waals surface area (Å²) in [7, 11) is 1.62. The van der Waals surface area contributed by atoms with Crippen molar-refractivity contribution in [3.05, 3.63) is 51.4 Å². The number of carbonyl (C=O) groups excluding carboxylic acids is 1. The van der Waals surface area contributed by atoms with Crippen LogP contribution in [0, 0.1) is 6.92 Å². The van der Waals surface area contributed by atoms with Crippen LogP contribution in [0.2, 0.25) is 0 Å². The molecular formula is C19H25N3O3S. The highest BCUT2D eigenvalue weighted by Crippen LogP contribution is 2.20. The van der Waals surface area contributed by atoms with Gasteiger partial charge in [0.25, 0.3) is 5.56 Å². The van der Waals surface area contributed by atoms with Crippen molar-refractivity contribution in [1.29, 1.82) is 0 Å². The third-order valence-corrected chi connectivity index (χ3v) is 4.84. The highest BCUT2D eigenvalue weighted by Gasteiger charge is 2.15. The number of benzene rings is 1. The Balaban J connectivity index is 2.00. The molecule has 1 unspecified atom stereocenters. The average molecular weight is 375 g/mol. The van der Waals surface area contributed by atoms with Gasteiger partial charge in [0, 0.05) is 17.7 Å². The Bertz CT molecular complexity index is 803. The summed E-state index contributed by atoms with van der Waals surface area (Å²) in [5, 5.41) is 3.62. The summed E-state index contributed by atoms with van der Waals surface area (Å²) in [5.74, 6) is 0.700. The van der Waals surface area contributed by atoms with Gasteiger partial charge in [0.15, 0.2) is 5.16 Å². The molecule has 26 heavy (non-hydrogen) atoms. The number of thioether (sulfide) groups is 1. The van der Waals surface area contributed by atoms with Crippen LogP contribution >= 0.6 is 11.8 Å². The molecule has 2 aromatic rings. The number of hydrogen-bond acceptors (Lipinski definition) is 5. The van der Waals surface area contributed by atoms with Gasteiger partial charge in [0.2, 0.25) is 5.91 Å². The number of nitrogens with zero attached hydrogens (tertiary/aromatic N) is 1. The summed E-state index contributed by atoms with van der Waals surface area (Å²) in [6.45, 7) is 3.82. The standard InChI is InChI=1S/C19H25N3O3S/c1-5-16(13-6-8-14(25-3)9-7-13)21-17(23)11-10-15-12(2)20-19(26-4)22-18(15)24/h6-9,16H,5,10-11H2,1-4H3,(H,21,23)(H,20,22,24). The summed E-state index contributed by atoms with van der Waals surface area (Å²) in [4.78, 5) is 31.6. The van der Waals surface area contributed by atoms with Gasteiger partial charge in [-0.25, -0.2) is 4.98 Å². The molecule has 2 N–H and O–H groups in total. The van der Waals surface area contributed by atoms with E-state index in [1.165, 1.54) is 11.8 Å². The van der Waals surface area contributed by atoms with Crippen LogP contribution in [0.5, 0.6) is 5.75 Å². The number of aryl methyl sites for hydroxylation is 1. The van der Waals surface area contributed by atoms with Crippen molar-refractivity contribution in [1.82, 2.24) is 15.3 Å². The van der Waals surface area contributed by atoms with Crippen LogP contribution in [0.3, 0.4) is 0 Å². The number of ether oxygens (including phenoxy) is 1. The maximum Gasteiger partial charge on any atom is 0.254 e. The molecule has 0 aliphatic carbocycles. The zero-order valence-electron chi connectivity index (χ0n) is 15.6. The van der Waals surface area contributed by atoms with Gasteiger partial charge in [-0.3, -0.25) is 9.59 Å². The van der Waals surface area contributed by atoms with Gasteiger partial charge in [-0.15, -0.1) is 0 Å². The largest absolute Gasteiger partial charge is 0.497 e. The first-order chi connectivity index (χ1) is 12.5. The predicted octanol–water partition coefficient (Wildman–Crippen LogP) is 3.01. The van der Waals surface area contributed by atoms with Crippen molar-refractivity contribution in [2.45, 2.75) is 44.3 Å². The molecule has 1 heterocycles. The van der Waals surface area contributed by atoms with Crippen molar-refractivity contribution in [2.75, 3.05) is 13.4 Å². The molecule has 1 amide bonds. The summed E-state index contributed by atoms with van der Waals surface area (Å²) in [5.41, 5.74) is 2.10. The van der Waals surface area contributed by atoms with Crippen LogP contribution in [0.4, 0.5) is 0 Å². The Morgan fingerprint density at radius 1 is 1.35 bits per heavy atom. The molecule has 2 rings (SSSR count). The second kappa shape index (κ2) is 9.43. The third-order valence-electron chi connectivity index (χ3n) is 4.26. The maximum absolute atomic E-state index is 12.4. The van der Waals surface area contributed by atoms with E-state index in [1.54, 1.807) is 14.0 Å². The number of aromatic nitrogens is 2. The number of hydrogen-bond donors (Lipinski definition) is 2. The first-order valence-electron chi connectivity index (χ1n) is 8.55. The Hall–Kier alpha value is -2.28. The third kappa shape index (κ3) is 5.11. The van der Waals surface area contributed by atoms with Crippen LogP contribution in [0.15, 0.2) is 34.2 Å². The second-order valence-corrected chi connectivity index (χ2v) is 6.74. The van der Waals surface area contributed by atoms with Crippen LogP contribution in [0.1, 0.15) is 42.6 Å². The van der Waals surface area contributed by atoms with Gasteiger partial charge in [0.05, 0.1) is 13.2 Å². The number of methoxy groups -OCH3 is 1. The molecule has 0 radical (unpaired) electrons. The van der Waals surface area contributed by atoms with E-state index >= 15 is 0 Å². The molecule has 0 spiro atoms. The minimum atomic E-state index is -0.170. The number of amides is 1. The Kier molecular flexibility index (Phi) is 7.26. The number of carbonyl (C=O) groups is 1. The normalized spacial score (nSPS) is 11.8. The molecule has 1 aromatic carbocycles. The van der Waals surface area contributed by atoms with Crippen molar-refractivity contribution >= 4 is 17.7 Å². The molecule has 0 bridgehead atoms. The van der Waals surface area contributed by atoms with E-state index in [2.05, 4.69) is 15.3 Å². The van der Waals surface area contributed by atoms with E-state index in [9.17, 15) is 9.59 Å². The Morgan fingerprint density at radius 2 is 2.04 bits per heavy atom. The van der Waals surface area contributed by atoms with Crippen molar-refractivity contribution in [2.24, 2.45) is 0 Å². The fourth-order valence-electron chi connectivity index (χ4n) is 2.74. The molecule has 7 heteroatoms. The van der Waals surface area contributed by atoms with Crippen molar-refractivity contribution < 1.29 is 9.53 Å². The van der Waals surface area contributed by atoms with Crippen molar-refractivity contribution in [3.63, 3.8) is 0 Å². The highest BCUT2D eigenvalue weighted by atomic mass is 32.2. The first kappa shape index (κ1) is 20.0. The highest BCUT2D eigenvalue weighted by molar-refractivity contribution is 7.98. The summed E-state index contributed by atoms with van der Waals surface area (Å²) >= 11 is 1.39. The number of aromatic amines is 1. The van der Waals surface area contributed by atoms with Crippen LogP contribution in [-0.4, -0.2) is 29.2 Å². The van der Waals surface area contributed by atoms with Crippen molar-refractivity contribution in [3.8, 4) is 5.75 Å². The van der Waals surface area contributed by atoms with E-state index in [0.29, 0.717) is 22.8 Å².